The third-order valence-corrected chi connectivity index (χ3v) is 1.81. The summed E-state index contributed by atoms with van der Waals surface area (Å²) in [6.45, 7) is 0. The van der Waals surface area contributed by atoms with Crippen LogP contribution in [0.3, 0.4) is 0 Å². The standard InChI is InChI=1S/C9H3F5O3/c10-5-3-1-2-4(6(5)11)7(15)9(12,13)8(16)17-14/h1-3H. The molecule has 0 aliphatic carbocycles. The monoisotopic (exact) mass is 254 g/mol. The predicted octanol–water partition coefficient (Wildman–Crippen LogP) is 2.21. The molecule has 3 nitrogen and oxygen atoms in total. The lowest BCUT2D eigenvalue weighted by Crippen LogP contribution is -2.38. The molecule has 0 spiro atoms. The molecule has 1 aromatic carbocycles. The van der Waals surface area contributed by atoms with E-state index in [9.17, 15) is 31.7 Å². The number of rotatable bonds is 3. The van der Waals surface area contributed by atoms with Gasteiger partial charge in [0.15, 0.2) is 11.6 Å². The van der Waals surface area contributed by atoms with E-state index in [4.69, 9.17) is 0 Å². The van der Waals surface area contributed by atoms with Gasteiger partial charge < -0.3 is 0 Å². The fourth-order valence-corrected chi connectivity index (χ4v) is 0.989. The van der Waals surface area contributed by atoms with E-state index < -0.39 is 34.9 Å². The lowest BCUT2D eigenvalue weighted by atomic mass is 10.0. The summed E-state index contributed by atoms with van der Waals surface area (Å²) in [5.74, 6) is -13.5. The van der Waals surface area contributed by atoms with Crippen LogP contribution in [0.5, 0.6) is 0 Å². The average Bonchev–Trinajstić information content (AvgIpc) is 2.30. The van der Waals surface area contributed by atoms with Crippen LogP contribution in [0.4, 0.5) is 22.1 Å². The van der Waals surface area contributed by atoms with E-state index in [1.165, 1.54) is 0 Å². The molecule has 0 amide bonds. The second-order valence-corrected chi connectivity index (χ2v) is 2.87. The van der Waals surface area contributed by atoms with Crippen LogP contribution >= 0.6 is 0 Å². The van der Waals surface area contributed by atoms with Gasteiger partial charge >= 0.3 is 11.9 Å². The van der Waals surface area contributed by atoms with E-state index in [-0.39, 0.29) is 0 Å². The third-order valence-electron chi connectivity index (χ3n) is 1.81. The van der Waals surface area contributed by atoms with Gasteiger partial charge in [-0.3, -0.25) is 4.79 Å². The molecule has 0 aliphatic rings. The first kappa shape index (κ1) is 13.1. The summed E-state index contributed by atoms with van der Waals surface area (Å²) in [6.07, 6.45) is 0. The van der Waals surface area contributed by atoms with E-state index >= 15 is 0 Å². The molecule has 0 aromatic heterocycles. The average molecular weight is 254 g/mol. The Morgan fingerprint density at radius 3 is 2.29 bits per heavy atom. The highest BCUT2D eigenvalue weighted by Crippen LogP contribution is 2.24. The largest absolute Gasteiger partial charge is 0.426 e. The summed E-state index contributed by atoms with van der Waals surface area (Å²) >= 11 is 0. The van der Waals surface area contributed by atoms with Crippen molar-refractivity contribution in [3.8, 4) is 0 Å². The predicted molar refractivity (Wildman–Crippen MR) is 42.8 cm³/mol. The maximum Gasteiger partial charge on any atom is 0.426 e. The topological polar surface area (TPSA) is 43.4 Å². The molecular formula is C9H3F5O3. The summed E-state index contributed by atoms with van der Waals surface area (Å²) in [7, 11) is 0. The number of alkyl halides is 2. The van der Waals surface area contributed by atoms with Crippen molar-refractivity contribution in [3.05, 3.63) is 35.4 Å². The number of halogens is 5. The number of ketones is 1. The van der Waals surface area contributed by atoms with Crippen molar-refractivity contribution in [1.29, 1.82) is 0 Å². The number of hydrogen-bond donors (Lipinski definition) is 0. The van der Waals surface area contributed by atoms with Gasteiger partial charge in [-0.25, -0.2) is 18.5 Å². The van der Waals surface area contributed by atoms with Gasteiger partial charge in [-0.05, 0) is 12.1 Å². The van der Waals surface area contributed by atoms with Crippen molar-refractivity contribution >= 4 is 11.8 Å². The molecule has 0 aliphatic heterocycles. The Kier molecular flexibility index (Phi) is 3.45. The van der Waals surface area contributed by atoms with Gasteiger partial charge in [0.25, 0.3) is 0 Å². The Morgan fingerprint density at radius 1 is 1.18 bits per heavy atom. The number of hydrogen-bond acceptors (Lipinski definition) is 3. The van der Waals surface area contributed by atoms with Crippen LogP contribution in [-0.4, -0.2) is 17.7 Å². The molecule has 8 heteroatoms. The zero-order valence-corrected chi connectivity index (χ0v) is 7.85. The van der Waals surface area contributed by atoms with E-state index in [0.29, 0.717) is 12.1 Å². The van der Waals surface area contributed by atoms with Crippen molar-refractivity contribution < 1.29 is 36.6 Å². The van der Waals surface area contributed by atoms with Gasteiger partial charge in [0.05, 0.1) is 5.56 Å². The molecule has 0 heterocycles. The third kappa shape index (κ3) is 2.24. The molecule has 0 atom stereocenters. The van der Waals surface area contributed by atoms with Gasteiger partial charge in [0.1, 0.15) is 0 Å². The van der Waals surface area contributed by atoms with Crippen LogP contribution in [-0.2, 0) is 9.74 Å². The minimum atomic E-state index is -4.93. The maximum atomic E-state index is 13.0. The molecule has 1 rings (SSSR count). The van der Waals surface area contributed by atoms with Crippen LogP contribution in [0, 0.1) is 11.6 Å². The first-order valence-corrected chi connectivity index (χ1v) is 4.02. The first-order chi connectivity index (χ1) is 7.82. The minimum absolute atomic E-state index is 0.528. The van der Waals surface area contributed by atoms with Crippen LogP contribution < -0.4 is 0 Å². The fraction of sp³-hybridized carbons (Fsp3) is 0.111. The Hall–Kier alpha value is -1.99. The van der Waals surface area contributed by atoms with Crippen LogP contribution in [0.15, 0.2) is 18.2 Å². The molecule has 1 aromatic rings. The van der Waals surface area contributed by atoms with Crippen LogP contribution in [0.25, 0.3) is 0 Å². The van der Waals surface area contributed by atoms with Crippen molar-refractivity contribution in [3.63, 3.8) is 0 Å². The van der Waals surface area contributed by atoms with E-state index in [2.05, 4.69) is 4.94 Å². The number of Topliss-reactive ketones (excluding diaryl/α,β-unsaturated/α-hetero) is 1. The molecule has 0 saturated heterocycles. The second kappa shape index (κ2) is 4.48. The quantitative estimate of drug-likeness (QED) is 0.472. The Balaban J connectivity index is 3.22. The van der Waals surface area contributed by atoms with E-state index in [1.54, 1.807) is 0 Å². The molecule has 0 N–H and O–H groups in total. The van der Waals surface area contributed by atoms with E-state index in [0.717, 1.165) is 6.07 Å². The summed E-state index contributed by atoms with van der Waals surface area (Å²) < 4.78 is 62.6. The second-order valence-electron chi connectivity index (χ2n) is 2.87. The molecule has 17 heavy (non-hydrogen) atoms. The molecule has 0 radical (unpaired) electrons. The molecule has 92 valence electrons. The summed E-state index contributed by atoms with van der Waals surface area (Å²) in [6, 6.07) is 1.89. The van der Waals surface area contributed by atoms with Crippen molar-refractivity contribution in [1.82, 2.24) is 0 Å². The molecular weight excluding hydrogens is 251 g/mol. The Morgan fingerprint density at radius 2 is 1.76 bits per heavy atom. The van der Waals surface area contributed by atoms with E-state index in [1.807, 2.05) is 0 Å². The molecule has 0 saturated carbocycles. The lowest BCUT2D eigenvalue weighted by molar-refractivity contribution is -0.204. The maximum absolute atomic E-state index is 13.0. The minimum Gasteiger partial charge on any atom is -0.287 e. The van der Waals surface area contributed by atoms with Gasteiger partial charge in [0.2, 0.25) is 5.78 Å². The van der Waals surface area contributed by atoms with Crippen molar-refractivity contribution in [2.45, 2.75) is 5.92 Å². The van der Waals surface area contributed by atoms with Gasteiger partial charge in [-0.15, -0.1) is 0 Å². The van der Waals surface area contributed by atoms with Crippen LogP contribution in [0.1, 0.15) is 10.4 Å². The van der Waals surface area contributed by atoms with Gasteiger partial charge in [-0.2, -0.15) is 8.78 Å². The number of carbonyl (C=O) groups excluding carboxylic acids is 2. The lowest BCUT2D eigenvalue weighted by Gasteiger charge is -2.10. The van der Waals surface area contributed by atoms with Gasteiger partial charge in [0, 0.05) is 4.53 Å². The number of carbonyl (C=O) groups is 2. The Bertz CT molecular complexity index is 472. The Labute approximate surface area is 90.7 Å². The summed E-state index contributed by atoms with van der Waals surface area (Å²) in [5, 5.41) is 0. The normalized spacial score (nSPS) is 11.1. The zero-order chi connectivity index (χ0) is 13.2. The fourth-order valence-electron chi connectivity index (χ4n) is 0.989. The highest BCUT2D eigenvalue weighted by molar-refractivity contribution is 6.13. The molecule has 0 unspecified atom stereocenters. The number of benzene rings is 1. The summed E-state index contributed by atoms with van der Waals surface area (Å²) in [5.41, 5.74) is -1.37. The smallest absolute Gasteiger partial charge is 0.287 e. The summed E-state index contributed by atoms with van der Waals surface area (Å²) in [4.78, 5) is 23.5. The van der Waals surface area contributed by atoms with Gasteiger partial charge in [-0.1, -0.05) is 6.07 Å². The zero-order valence-electron chi connectivity index (χ0n) is 7.85. The van der Waals surface area contributed by atoms with Crippen molar-refractivity contribution in [2.75, 3.05) is 0 Å². The molecule has 0 fully saturated rings. The van der Waals surface area contributed by atoms with Crippen LogP contribution in [0.2, 0.25) is 0 Å². The highest BCUT2D eigenvalue weighted by Gasteiger charge is 2.51. The first-order valence-electron chi connectivity index (χ1n) is 4.02. The SMILES string of the molecule is O=C(OF)C(F)(F)C(=O)c1cccc(F)c1F. The molecule has 0 bridgehead atoms. The highest BCUT2D eigenvalue weighted by atomic mass is 19.3. The van der Waals surface area contributed by atoms with Crippen molar-refractivity contribution in [2.24, 2.45) is 0 Å².